The Morgan fingerprint density at radius 3 is 2.54 bits per heavy atom. The molecule has 2 aliphatic heterocycles. The number of nitrogens with two attached hydrogens (primary N) is 1. The monoisotopic (exact) mass is 358 g/mol. The van der Waals surface area contributed by atoms with Crippen molar-refractivity contribution in [2.24, 2.45) is 5.73 Å². The van der Waals surface area contributed by atoms with E-state index in [0.717, 1.165) is 25.1 Å². The molecule has 2 aliphatic rings. The molecule has 3 rings (SSSR count). The normalized spacial score (nSPS) is 23.7. The molecule has 3 amide bonds. The molecule has 0 aliphatic carbocycles. The van der Waals surface area contributed by atoms with Crippen LogP contribution in [-0.4, -0.2) is 54.3 Å². The summed E-state index contributed by atoms with van der Waals surface area (Å²) in [4.78, 5) is 39.6. The van der Waals surface area contributed by atoms with Gasteiger partial charge in [0.2, 0.25) is 11.8 Å². The zero-order valence-electron chi connectivity index (χ0n) is 15.1. The number of anilines is 1. The van der Waals surface area contributed by atoms with Crippen LogP contribution in [0.15, 0.2) is 24.3 Å². The third-order valence-electron chi connectivity index (χ3n) is 5.19. The van der Waals surface area contributed by atoms with Gasteiger partial charge >= 0.3 is 0 Å². The summed E-state index contributed by atoms with van der Waals surface area (Å²) in [6.45, 7) is 3.31. The Morgan fingerprint density at radius 1 is 1.15 bits per heavy atom. The molecule has 2 saturated heterocycles. The summed E-state index contributed by atoms with van der Waals surface area (Å²) in [5.74, 6) is -0.0926. The number of hydrogen-bond donors (Lipinski definition) is 2. The third-order valence-corrected chi connectivity index (χ3v) is 5.19. The largest absolute Gasteiger partial charge is 0.346 e. The maximum Gasteiger partial charge on any atom is 0.251 e. The smallest absolute Gasteiger partial charge is 0.251 e. The van der Waals surface area contributed by atoms with Gasteiger partial charge in [-0.05, 0) is 43.5 Å². The average Bonchev–Trinajstić information content (AvgIpc) is 2.64. The van der Waals surface area contributed by atoms with E-state index in [1.165, 1.54) is 6.92 Å². The Hall–Kier alpha value is -2.41. The van der Waals surface area contributed by atoms with Crippen LogP contribution in [0, 0.1) is 0 Å². The first-order chi connectivity index (χ1) is 12.5. The summed E-state index contributed by atoms with van der Waals surface area (Å²) >= 11 is 0. The SMILES string of the molecule is CC(=O)N1CCC(N)C(NC(=O)c2ccc(N3CCCCC3=O)cc2)C1. The maximum atomic E-state index is 12.5. The van der Waals surface area contributed by atoms with E-state index < -0.39 is 0 Å². The zero-order valence-corrected chi connectivity index (χ0v) is 15.1. The van der Waals surface area contributed by atoms with Crippen molar-refractivity contribution in [1.82, 2.24) is 10.2 Å². The van der Waals surface area contributed by atoms with Crippen LogP contribution in [0.4, 0.5) is 5.69 Å². The lowest BCUT2D eigenvalue weighted by Gasteiger charge is -2.36. The van der Waals surface area contributed by atoms with Crippen molar-refractivity contribution in [2.75, 3.05) is 24.5 Å². The number of piperidine rings is 2. The second-order valence-electron chi connectivity index (χ2n) is 7.05. The molecular weight excluding hydrogens is 332 g/mol. The van der Waals surface area contributed by atoms with E-state index in [2.05, 4.69) is 5.32 Å². The lowest BCUT2D eigenvalue weighted by molar-refractivity contribution is -0.130. The van der Waals surface area contributed by atoms with Crippen LogP contribution in [0.2, 0.25) is 0 Å². The number of carbonyl (C=O) groups is 3. The molecule has 7 nitrogen and oxygen atoms in total. The number of hydrogen-bond acceptors (Lipinski definition) is 4. The first-order valence-electron chi connectivity index (χ1n) is 9.18. The van der Waals surface area contributed by atoms with Gasteiger partial charge in [-0.1, -0.05) is 0 Å². The molecule has 0 aromatic heterocycles. The number of carbonyl (C=O) groups excluding carboxylic acids is 3. The Kier molecular flexibility index (Phi) is 5.56. The predicted octanol–water partition coefficient (Wildman–Crippen LogP) is 0.881. The van der Waals surface area contributed by atoms with E-state index in [4.69, 9.17) is 5.73 Å². The number of benzene rings is 1. The second-order valence-corrected chi connectivity index (χ2v) is 7.05. The van der Waals surface area contributed by atoms with Crippen LogP contribution in [0.25, 0.3) is 0 Å². The van der Waals surface area contributed by atoms with Crippen LogP contribution in [0.1, 0.15) is 43.0 Å². The highest BCUT2D eigenvalue weighted by atomic mass is 16.2. The zero-order chi connectivity index (χ0) is 18.7. The summed E-state index contributed by atoms with van der Waals surface area (Å²) in [6.07, 6.45) is 3.18. The molecule has 0 spiro atoms. The molecule has 3 N–H and O–H groups in total. The lowest BCUT2D eigenvalue weighted by atomic mass is 9.99. The van der Waals surface area contributed by atoms with E-state index in [1.807, 2.05) is 0 Å². The summed E-state index contributed by atoms with van der Waals surface area (Å²) in [6, 6.07) is 6.64. The highest BCUT2D eigenvalue weighted by molar-refractivity contribution is 5.97. The maximum absolute atomic E-state index is 12.5. The Morgan fingerprint density at radius 2 is 1.88 bits per heavy atom. The molecule has 2 unspecified atom stereocenters. The average molecular weight is 358 g/mol. The molecule has 140 valence electrons. The number of likely N-dealkylation sites (tertiary alicyclic amines) is 1. The van der Waals surface area contributed by atoms with Gasteiger partial charge in [0.1, 0.15) is 0 Å². The van der Waals surface area contributed by atoms with Crippen molar-refractivity contribution in [3.8, 4) is 0 Å². The van der Waals surface area contributed by atoms with Crippen molar-refractivity contribution in [1.29, 1.82) is 0 Å². The van der Waals surface area contributed by atoms with Gasteiger partial charge in [-0.15, -0.1) is 0 Å². The van der Waals surface area contributed by atoms with Gasteiger partial charge in [-0.25, -0.2) is 0 Å². The molecule has 2 atom stereocenters. The molecule has 26 heavy (non-hydrogen) atoms. The Bertz CT molecular complexity index is 689. The molecule has 2 fully saturated rings. The Balaban J connectivity index is 1.64. The van der Waals surface area contributed by atoms with Crippen molar-refractivity contribution in [3.05, 3.63) is 29.8 Å². The molecule has 1 aromatic rings. The van der Waals surface area contributed by atoms with E-state index in [0.29, 0.717) is 31.5 Å². The number of nitrogens with zero attached hydrogens (tertiary/aromatic N) is 2. The minimum Gasteiger partial charge on any atom is -0.346 e. The fraction of sp³-hybridized carbons (Fsp3) is 0.526. The van der Waals surface area contributed by atoms with Crippen molar-refractivity contribution >= 4 is 23.4 Å². The lowest BCUT2D eigenvalue weighted by Crippen LogP contribution is -2.59. The minimum atomic E-state index is -0.261. The molecule has 0 bridgehead atoms. The molecule has 0 saturated carbocycles. The number of rotatable bonds is 3. The van der Waals surface area contributed by atoms with Crippen molar-refractivity contribution in [3.63, 3.8) is 0 Å². The highest BCUT2D eigenvalue weighted by Crippen LogP contribution is 2.21. The van der Waals surface area contributed by atoms with E-state index in [9.17, 15) is 14.4 Å². The van der Waals surface area contributed by atoms with Crippen molar-refractivity contribution in [2.45, 2.75) is 44.7 Å². The molecule has 2 heterocycles. The van der Waals surface area contributed by atoms with E-state index >= 15 is 0 Å². The van der Waals surface area contributed by atoms with Crippen LogP contribution in [0.5, 0.6) is 0 Å². The fourth-order valence-electron chi connectivity index (χ4n) is 3.53. The quantitative estimate of drug-likeness (QED) is 0.838. The van der Waals surface area contributed by atoms with Crippen molar-refractivity contribution < 1.29 is 14.4 Å². The van der Waals surface area contributed by atoms with E-state index in [-0.39, 0.29) is 29.8 Å². The predicted molar refractivity (Wildman–Crippen MR) is 98.7 cm³/mol. The second kappa shape index (κ2) is 7.86. The van der Waals surface area contributed by atoms with Crippen LogP contribution in [-0.2, 0) is 9.59 Å². The van der Waals surface area contributed by atoms with E-state index in [1.54, 1.807) is 34.1 Å². The molecule has 0 radical (unpaired) electrons. The van der Waals surface area contributed by atoms with Crippen LogP contribution >= 0.6 is 0 Å². The minimum absolute atomic E-state index is 0.00768. The van der Waals surface area contributed by atoms with Gasteiger partial charge in [-0.3, -0.25) is 14.4 Å². The fourth-order valence-corrected chi connectivity index (χ4v) is 3.53. The standard InChI is InChI=1S/C19H26N4O3/c1-13(24)22-11-9-16(20)17(12-22)21-19(26)14-5-7-15(8-6-14)23-10-3-2-4-18(23)25/h5-8,16-17H,2-4,9-12,20H2,1H3,(H,21,26). The Labute approximate surface area is 153 Å². The molecule has 7 heteroatoms. The van der Waals surface area contributed by atoms with Gasteiger partial charge in [0.05, 0.1) is 6.04 Å². The molecule has 1 aromatic carbocycles. The van der Waals surface area contributed by atoms with Gasteiger partial charge in [0.15, 0.2) is 0 Å². The molecular formula is C19H26N4O3. The van der Waals surface area contributed by atoms with Crippen LogP contribution < -0.4 is 16.0 Å². The third kappa shape index (κ3) is 4.04. The van der Waals surface area contributed by atoms with Gasteiger partial charge < -0.3 is 20.9 Å². The summed E-state index contributed by atoms with van der Waals surface area (Å²) in [7, 11) is 0. The summed E-state index contributed by atoms with van der Waals surface area (Å²) < 4.78 is 0. The van der Waals surface area contributed by atoms with Gasteiger partial charge in [0.25, 0.3) is 5.91 Å². The van der Waals surface area contributed by atoms with Gasteiger partial charge in [-0.2, -0.15) is 0 Å². The highest BCUT2D eigenvalue weighted by Gasteiger charge is 2.29. The first kappa shape index (κ1) is 18.4. The number of nitrogens with one attached hydrogen (secondary N) is 1. The first-order valence-corrected chi connectivity index (χ1v) is 9.18. The summed E-state index contributed by atoms with van der Waals surface area (Å²) in [5, 5.41) is 2.94. The topological polar surface area (TPSA) is 95.7 Å². The number of amides is 3. The van der Waals surface area contributed by atoms with Crippen LogP contribution in [0.3, 0.4) is 0 Å². The van der Waals surface area contributed by atoms with Gasteiger partial charge in [0, 0.05) is 50.3 Å². The summed E-state index contributed by atoms with van der Waals surface area (Å²) in [5.41, 5.74) is 7.45.